The highest BCUT2D eigenvalue weighted by Crippen LogP contribution is 2.42. The molecule has 0 aliphatic carbocycles. The first-order valence-corrected chi connectivity index (χ1v) is 10.4. The first kappa shape index (κ1) is 19.9. The van der Waals surface area contributed by atoms with Gasteiger partial charge >= 0.3 is 0 Å². The third-order valence-corrected chi connectivity index (χ3v) is 5.89. The highest BCUT2D eigenvalue weighted by atomic mass is 16.5. The number of methoxy groups -OCH3 is 2. The number of ether oxygens (including phenoxy) is 5. The van der Waals surface area contributed by atoms with E-state index < -0.39 is 0 Å². The molecule has 1 fully saturated rings. The van der Waals surface area contributed by atoms with Crippen molar-refractivity contribution in [2.45, 2.75) is 25.5 Å². The van der Waals surface area contributed by atoms with Gasteiger partial charge in [0, 0.05) is 25.3 Å². The first-order chi connectivity index (χ1) is 15.2. The SMILES string of the molecule is COc1ccc(OC)c(/C=C2\Oc3c(ccc4c3CN(C[C@H]3CCCO3)CO4)C2=O)c1. The maximum Gasteiger partial charge on any atom is 0.231 e. The van der Waals surface area contributed by atoms with Crippen molar-refractivity contribution in [3.8, 4) is 23.0 Å². The lowest BCUT2D eigenvalue weighted by molar-refractivity contribution is 0.0274. The zero-order chi connectivity index (χ0) is 21.4. The smallest absolute Gasteiger partial charge is 0.231 e. The number of hydrogen-bond acceptors (Lipinski definition) is 7. The van der Waals surface area contributed by atoms with E-state index >= 15 is 0 Å². The van der Waals surface area contributed by atoms with E-state index in [1.165, 1.54) is 0 Å². The Hall–Kier alpha value is -3.03. The molecule has 7 nitrogen and oxygen atoms in total. The van der Waals surface area contributed by atoms with Crippen molar-refractivity contribution < 1.29 is 28.5 Å². The van der Waals surface area contributed by atoms with Gasteiger partial charge in [-0.2, -0.15) is 0 Å². The van der Waals surface area contributed by atoms with Crippen LogP contribution in [0.2, 0.25) is 0 Å². The minimum absolute atomic E-state index is 0.154. The van der Waals surface area contributed by atoms with Crippen LogP contribution in [0.1, 0.15) is 34.3 Å². The van der Waals surface area contributed by atoms with Gasteiger partial charge in [0.25, 0.3) is 0 Å². The molecule has 0 aromatic heterocycles. The molecule has 5 rings (SSSR count). The van der Waals surface area contributed by atoms with Crippen molar-refractivity contribution in [2.24, 2.45) is 0 Å². The van der Waals surface area contributed by atoms with Crippen LogP contribution in [0.3, 0.4) is 0 Å². The Morgan fingerprint density at radius 3 is 2.87 bits per heavy atom. The quantitative estimate of drug-likeness (QED) is 0.680. The number of carbonyl (C=O) groups is 1. The first-order valence-electron chi connectivity index (χ1n) is 10.4. The molecule has 162 valence electrons. The van der Waals surface area contributed by atoms with Gasteiger partial charge in [-0.3, -0.25) is 9.69 Å². The molecule has 2 aromatic rings. The fourth-order valence-electron chi connectivity index (χ4n) is 4.29. The van der Waals surface area contributed by atoms with E-state index in [0.29, 0.717) is 41.7 Å². The third kappa shape index (κ3) is 3.75. The second-order valence-electron chi connectivity index (χ2n) is 7.89. The van der Waals surface area contributed by atoms with Crippen molar-refractivity contribution in [3.63, 3.8) is 0 Å². The van der Waals surface area contributed by atoms with Crippen LogP contribution in [-0.4, -0.2) is 50.9 Å². The van der Waals surface area contributed by atoms with Gasteiger partial charge in [0.15, 0.2) is 5.76 Å². The second-order valence-corrected chi connectivity index (χ2v) is 7.89. The molecule has 2 aromatic carbocycles. The highest BCUT2D eigenvalue weighted by Gasteiger charge is 2.34. The lowest BCUT2D eigenvalue weighted by atomic mass is 10.0. The molecule has 1 saturated heterocycles. The van der Waals surface area contributed by atoms with Crippen LogP contribution in [0.5, 0.6) is 23.0 Å². The van der Waals surface area contributed by atoms with Crippen LogP contribution in [0, 0.1) is 0 Å². The third-order valence-electron chi connectivity index (χ3n) is 5.89. The van der Waals surface area contributed by atoms with Crippen LogP contribution >= 0.6 is 0 Å². The number of nitrogens with zero attached hydrogens (tertiary/aromatic N) is 1. The van der Waals surface area contributed by atoms with E-state index in [1.807, 2.05) is 18.2 Å². The maximum atomic E-state index is 13.1. The van der Waals surface area contributed by atoms with Crippen molar-refractivity contribution in [1.82, 2.24) is 4.90 Å². The summed E-state index contributed by atoms with van der Waals surface area (Å²) in [7, 11) is 3.19. The molecule has 3 heterocycles. The van der Waals surface area contributed by atoms with Gasteiger partial charge in [-0.1, -0.05) is 0 Å². The van der Waals surface area contributed by atoms with E-state index in [4.69, 9.17) is 23.7 Å². The van der Waals surface area contributed by atoms with Crippen LogP contribution < -0.4 is 18.9 Å². The number of carbonyl (C=O) groups excluding carboxylic acids is 1. The Labute approximate surface area is 181 Å². The number of fused-ring (bicyclic) bond motifs is 3. The number of allylic oxidation sites excluding steroid dienone is 1. The number of benzene rings is 2. The number of Topliss-reactive ketones (excluding diaryl/α,β-unsaturated/α-hetero) is 1. The fourth-order valence-corrected chi connectivity index (χ4v) is 4.29. The predicted molar refractivity (Wildman–Crippen MR) is 114 cm³/mol. The molecule has 3 aliphatic heterocycles. The molecule has 0 N–H and O–H groups in total. The molecular formula is C24H25NO6. The van der Waals surface area contributed by atoms with Gasteiger partial charge in [-0.25, -0.2) is 0 Å². The minimum atomic E-state index is -0.154. The van der Waals surface area contributed by atoms with E-state index in [-0.39, 0.29) is 17.6 Å². The maximum absolute atomic E-state index is 13.1. The van der Waals surface area contributed by atoms with Crippen LogP contribution in [0.4, 0.5) is 0 Å². The van der Waals surface area contributed by atoms with E-state index in [9.17, 15) is 4.79 Å². The van der Waals surface area contributed by atoms with Crippen molar-refractivity contribution in [3.05, 3.63) is 52.8 Å². The Morgan fingerprint density at radius 2 is 2.10 bits per heavy atom. The average molecular weight is 423 g/mol. The van der Waals surface area contributed by atoms with Gasteiger partial charge in [-0.05, 0) is 49.2 Å². The van der Waals surface area contributed by atoms with Gasteiger partial charge < -0.3 is 23.7 Å². The van der Waals surface area contributed by atoms with Gasteiger partial charge in [0.05, 0.1) is 31.5 Å². The zero-order valence-corrected chi connectivity index (χ0v) is 17.7. The van der Waals surface area contributed by atoms with Crippen LogP contribution in [0.25, 0.3) is 6.08 Å². The van der Waals surface area contributed by atoms with Crippen LogP contribution in [-0.2, 0) is 11.3 Å². The molecule has 1 atom stereocenters. The number of ketones is 1. The summed E-state index contributed by atoms with van der Waals surface area (Å²) < 4.78 is 28.5. The van der Waals surface area contributed by atoms with Crippen LogP contribution in [0.15, 0.2) is 36.1 Å². The molecule has 31 heavy (non-hydrogen) atoms. The lowest BCUT2D eigenvalue weighted by Crippen LogP contribution is -2.37. The summed E-state index contributed by atoms with van der Waals surface area (Å²) >= 11 is 0. The Morgan fingerprint density at radius 1 is 1.19 bits per heavy atom. The Bertz CT molecular complexity index is 1040. The molecule has 0 saturated carbocycles. The van der Waals surface area contributed by atoms with E-state index in [1.54, 1.807) is 32.4 Å². The monoisotopic (exact) mass is 423 g/mol. The van der Waals surface area contributed by atoms with Gasteiger partial charge in [-0.15, -0.1) is 0 Å². The fraction of sp³-hybridized carbons (Fsp3) is 0.375. The summed E-state index contributed by atoms with van der Waals surface area (Å²) in [6.07, 6.45) is 4.11. The molecule has 0 amide bonds. The molecule has 0 unspecified atom stereocenters. The zero-order valence-electron chi connectivity index (χ0n) is 17.7. The topological polar surface area (TPSA) is 66.5 Å². The summed E-state index contributed by atoms with van der Waals surface area (Å²) in [6, 6.07) is 9.05. The molecule has 0 bridgehead atoms. The lowest BCUT2D eigenvalue weighted by Gasteiger charge is -2.31. The summed E-state index contributed by atoms with van der Waals surface area (Å²) in [5.41, 5.74) is 2.16. The normalized spacial score (nSPS) is 21.4. The minimum Gasteiger partial charge on any atom is -0.497 e. The summed E-state index contributed by atoms with van der Waals surface area (Å²) in [6.45, 7) is 2.79. The second kappa shape index (κ2) is 8.24. The largest absolute Gasteiger partial charge is 0.497 e. The highest BCUT2D eigenvalue weighted by molar-refractivity contribution is 6.15. The molecule has 0 spiro atoms. The molecule has 7 heteroatoms. The standard InChI is InChI=1S/C24H25NO6/c1-27-16-5-7-20(28-2)15(10-16)11-22-23(26)18-6-8-21-19(24(18)31-22)13-25(14-30-21)12-17-4-3-9-29-17/h5-8,10-11,17H,3-4,9,12-14H2,1-2H3/b22-11-/t17-/m1/s1. The number of rotatable bonds is 5. The van der Waals surface area contributed by atoms with Crippen molar-refractivity contribution >= 4 is 11.9 Å². The van der Waals surface area contributed by atoms with E-state index in [0.717, 1.165) is 37.3 Å². The molecule has 3 aliphatic rings. The molecular weight excluding hydrogens is 398 g/mol. The molecule has 0 radical (unpaired) electrons. The van der Waals surface area contributed by atoms with Crippen molar-refractivity contribution in [1.29, 1.82) is 0 Å². The van der Waals surface area contributed by atoms with Gasteiger partial charge in [0.1, 0.15) is 29.7 Å². The predicted octanol–water partition coefficient (Wildman–Crippen LogP) is 3.65. The average Bonchev–Trinajstić information content (AvgIpc) is 3.42. The van der Waals surface area contributed by atoms with E-state index in [2.05, 4.69) is 4.90 Å². The Balaban J connectivity index is 1.43. The Kier molecular flexibility index (Phi) is 5.29. The summed E-state index contributed by atoms with van der Waals surface area (Å²) in [4.78, 5) is 15.3. The number of hydrogen-bond donors (Lipinski definition) is 0. The summed E-state index contributed by atoms with van der Waals surface area (Å²) in [5, 5.41) is 0. The van der Waals surface area contributed by atoms with Gasteiger partial charge in [0.2, 0.25) is 5.78 Å². The van der Waals surface area contributed by atoms with Crippen molar-refractivity contribution in [2.75, 3.05) is 34.1 Å². The summed E-state index contributed by atoms with van der Waals surface area (Å²) in [5.74, 6) is 2.74.